The molecule has 0 bridgehead atoms. The minimum Gasteiger partial charge on any atom is -0.383 e. The maximum absolute atomic E-state index is 9.48. The molecule has 2 N–H and O–H groups in total. The number of nitrogens with two attached hydrogens (primary N) is 1. The standard InChI is InChI=1S/C18H15N3/c1-12(13-7-3-2-4-8-13)17-14-9-5-6-10-16(14)21-18(20)15(17)11-19/h2-10,12H,1H3,(H2,20,21). The molecule has 3 nitrogen and oxygen atoms in total. The van der Waals surface area contributed by atoms with E-state index >= 15 is 0 Å². The molecule has 3 rings (SSSR count). The van der Waals surface area contributed by atoms with Crippen LogP contribution in [0.1, 0.15) is 29.5 Å². The third-order valence-corrected chi connectivity index (χ3v) is 3.80. The summed E-state index contributed by atoms with van der Waals surface area (Å²) in [6.07, 6.45) is 0. The summed E-state index contributed by atoms with van der Waals surface area (Å²) in [4.78, 5) is 4.34. The number of para-hydroxylation sites is 1. The zero-order valence-corrected chi connectivity index (χ0v) is 11.7. The van der Waals surface area contributed by atoms with E-state index in [1.54, 1.807) is 0 Å². The van der Waals surface area contributed by atoms with Gasteiger partial charge in [-0.2, -0.15) is 5.26 Å². The number of nitriles is 1. The number of nitrogen functional groups attached to an aromatic ring is 1. The largest absolute Gasteiger partial charge is 0.383 e. The Kier molecular flexibility index (Phi) is 3.29. The fraction of sp³-hybridized carbons (Fsp3) is 0.111. The lowest BCUT2D eigenvalue weighted by molar-refractivity contribution is 0.926. The first-order chi connectivity index (χ1) is 10.2. The first-order valence-electron chi connectivity index (χ1n) is 6.85. The van der Waals surface area contributed by atoms with Crippen molar-refractivity contribution in [3.63, 3.8) is 0 Å². The molecule has 0 aliphatic rings. The fourth-order valence-corrected chi connectivity index (χ4v) is 2.73. The topological polar surface area (TPSA) is 62.7 Å². The summed E-state index contributed by atoms with van der Waals surface area (Å²) >= 11 is 0. The molecule has 1 aromatic heterocycles. The Morgan fingerprint density at radius 2 is 1.71 bits per heavy atom. The van der Waals surface area contributed by atoms with Crippen LogP contribution in [0, 0.1) is 11.3 Å². The second-order valence-corrected chi connectivity index (χ2v) is 5.05. The van der Waals surface area contributed by atoms with Crippen molar-refractivity contribution in [1.82, 2.24) is 4.98 Å². The van der Waals surface area contributed by atoms with E-state index in [1.165, 1.54) is 0 Å². The van der Waals surface area contributed by atoms with Crippen molar-refractivity contribution in [2.75, 3.05) is 5.73 Å². The molecule has 0 amide bonds. The van der Waals surface area contributed by atoms with Crippen molar-refractivity contribution in [3.05, 3.63) is 71.3 Å². The number of nitrogens with zero attached hydrogens (tertiary/aromatic N) is 2. The minimum atomic E-state index is 0.0797. The van der Waals surface area contributed by atoms with E-state index in [-0.39, 0.29) is 5.92 Å². The summed E-state index contributed by atoms with van der Waals surface area (Å²) in [5, 5.41) is 10.5. The highest BCUT2D eigenvalue weighted by molar-refractivity contribution is 5.88. The first-order valence-corrected chi connectivity index (χ1v) is 6.85. The molecule has 0 aliphatic heterocycles. The second-order valence-electron chi connectivity index (χ2n) is 5.05. The maximum atomic E-state index is 9.48. The molecule has 1 atom stereocenters. The molecule has 0 spiro atoms. The molecule has 0 saturated carbocycles. The predicted octanol–water partition coefficient (Wildman–Crippen LogP) is 3.84. The van der Waals surface area contributed by atoms with E-state index in [2.05, 4.69) is 30.1 Å². The molecule has 3 heteroatoms. The van der Waals surface area contributed by atoms with E-state index in [0.717, 1.165) is 22.0 Å². The molecular weight excluding hydrogens is 258 g/mol. The highest BCUT2D eigenvalue weighted by Crippen LogP contribution is 2.34. The summed E-state index contributed by atoms with van der Waals surface area (Å²) in [5.41, 5.74) is 9.39. The van der Waals surface area contributed by atoms with Gasteiger partial charge in [-0.1, -0.05) is 55.5 Å². The highest BCUT2D eigenvalue weighted by atomic mass is 14.8. The molecule has 0 aliphatic carbocycles. The Bertz CT molecular complexity index is 832. The van der Waals surface area contributed by atoms with Crippen LogP contribution in [0.4, 0.5) is 5.82 Å². The van der Waals surface area contributed by atoms with Gasteiger partial charge < -0.3 is 5.73 Å². The lowest BCUT2D eigenvalue weighted by Crippen LogP contribution is -2.06. The van der Waals surface area contributed by atoms with Crippen LogP contribution in [0.2, 0.25) is 0 Å². The zero-order valence-electron chi connectivity index (χ0n) is 11.7. The van der Waals surface area contributed by atoms with Crippen LogP contribution in [0.25, 0.3) is 10.9 Å². The monoisotopic (exact) mass is 273 g/mol. The van der Waals surface area contributed by atoms with Crippen molar-refractivity contribution in [2.24, 2.45) is 0 Å². The summed E-state index contributed by atoms with van der Waals surface area (Å²) in [5.74, 6) is 0.380. The van der Waals surface area contributed by atoms with Crippen LogP contribution in [-0.4, -0.2) is 4.98 Å². The van der Waals surface area contributed by atoms with Gasteiger partial charge in [0.05, 0.1) is 11.1 Å². The lowest BCUT2D eigenvalue weighted by atomic mass is 9.87. The molecule has 0 radical (unpaired) electrons. The Labute approximate surface area is 123 Å². The van der Waals surface area contributed by atoms with Crippen LogP contribution in [0.3, 0.4) is 0 Å². The number of hydrogen-bond acceptors (Lipinski definition) is 3. The molecule has 1 heterocycles. The normalized spacial score (nSPS) is 12.0. The third kappa shape index (κ3) is 2.21. The maximum Gasteiger partial charge on any atom is 0.142 e. The summed E-state index contributed by atoms with van der Waals surface area (Å²) in [6.45, 7) is 2.09. The van der Waals surface area contributed by atoms with Gasteiger partial charge in [-0.15, -0.1) is 0 Å². The first kappa shape index (κ1) is 13.1. The third-order valence-electron chi connectivity index (χ3n) is 3.80. The Morgan fingerprint density at radius 3 is 2.43 bits per heavy atom. The van der Waals surface area contributed by atoms with Crippen LogP contribution in [0.5, 0.6) is 0 Å². The van der Waals surface area contributed by atoms with Crippen molar-refractivity contribution in [1.29, 1.82) is 5.26 Å². The van der Waals surface area contributed by atoms with Gasteiger partial charge in [-0.05, 0) is 17.2 Å². The Morgan fingerprint density at radius 1 is 1.05 bits per heavy atom. The highest BCUT2D eigenvalue weighted by Gasteiger charge is 2.19. The number of hydrogen-bond donors (Lipinski definition) is 1. The molecule has 2 aromatic carbocycles. The van der Waals surface area contributed by atoms with Crippen LogP contribution >= 0.6 is 0 Å². The van der Waals surface area contributed by atoms with Crippen molar-refractivity contribution >= 4 is 16.7 Å². The molecular formula is C18H15N3. The molecule has 0 saturated heterocycles. The lowest BCUT2D eigenvalue weighted by Gasteiger charge is -2.17. The van der Waals surface area contributed by atoms with E-state index in [0.29, 0.717) is 11.4 Å². The Balaban J connectivity index is 2.32. The second kappa shape index (κ2) is 5.26. The van der Waals surface area contributed by atoms with Gasteiger partial charge in [0.2, 0.25) is 0 Å². The molecule has 21 heavy (non-hydrogen) atoms. The Hall–Kier alpha value is -2.86. The molecule has 102 valence electrons. The number of aromatic nitrogens is 1. The van der Waals surface area contributed by atoms with E-state index < -0.39 is 0 Å². The van der Waals surface area contributed by atoms with Gasteiger partial charge in [0, 0.05) is 11.3 Å². The van der Waals surface area contributed by atoms with Gasteiger partial charge in [-0.25, -0.2) is 4.98 Å². The van der Waals surface area contributed by atoms with Gasteiger partial charge in [0.15, 0.2) is 0 Å². The predicted molar refractivity (Wildman–Crippen MR) is 84.8 cm³/mol. The SMILES string of the molecule is CC(c1ccccc1)c1c(C#N)c(N)nc2ccccc12. The van der Waals surface area contributed by atoms with E-state index in [9.17, 15) is 5.26 Å². The van der Waals surface area contributed by atoms with Crippen LogP contribution in [0.15, 0.2) is 54.6 Å². The fourth-order valence-electron chi connectivity index (χ4n) is 2.73. The quantitative estimate of drug-likeness (QED) is 0.771. The van der Waals surface area contributed by atoms with E-state index in [4.69, 9.17) is 5.73 Å². The van der Waals surface area contributed by atoms with Gasteiger partial charge in [-0.3, -0.25) is 0 Å². The van der Waals surface area contributed by atoms with Crippen molar-refractivity contribution in [3.8, 4) is 6.07 Å². The smallest absolute Gasteiger partial charge is 0.142 e. The summed E-state index contributed by atoms with van der Waals surface area (Å²) < 4.78 is 0. The average molecular weight is 273 g/mol. The number of anilines is 1. The molecule has 1 unspecified atom stereocenters. The summed E-state index contributed by atoms with van der Waals surface area (Å²) in [7, 11) is 0. The molecule has 0 fully saturated rings. The van der Waals surface area contributed by atoms with Crippen molar-refractivity contribution < 1.29 is 0 Å². The van der Waals surface area contributed by atoms with Crippen LogP contribution in [-0.2, 0) is 0 Å². The van der Waals surface area contributed by atoms with Crippen LogP contribution < -0.4 is 5.73 Å². The van der Waals surface area contributed by atoms with Gasteiger partial charge >= 0.3 is 0 Å². The summed E-state index contributed by atoms with van der Waals surface area (Å²) in [6, 6.07) is 20.2. The van der Waals surface area contributed by atoms with Crippen molar-refractivity contribution in [2.45, 2.75) is 12.8 Å². The van der Waals surface area contributed by atoms with E-state index in [1.807, 2.05) is 42.5 Å². The van der Waals surface area contributed by atoms with Gasteiger partial charge in [0.25, 0.3) is 0 Å². The minimum absolute atomic E-state index is 0.0797. The zero-order chi connectivity index (χ0) is 14.8. The number of benzene rings is 2. The number of fused-ring (bicyclic) bond motifs is 1. The average Bonchev–Trinajstić information content (AvgIpc) is 2.53. The number of pyridine rings is 1. The van der Waals surface area contributed by atoms with Gasteiger partial charge in [0.1, 0.15) is 11.9 Å². The number of rotatable bonds is 2. The molecule has 3 aromatic rings.